The quantitative estimate of drug-likeness (QED) is 0.554. The lowest BCUT2D eigenvalue weighted by atomic mass is 9.94. The van der Waals surface area contributed by atoms with Gasteiger partial charge in [-0.2, -0.15) is 0 Å². The first-order valence-electron chi connectivity index (χ1n) is 8.93. The highest BCUT2D eigenvalue weighted by Crippen LogP contribution is 2.27. The molecule has 0 spiro atoms. The zero-order valence-electron chi connectivity index (χ0n) is 15.2. The van der Waals surface area contributed by atoms with Crippen LogP contribution in [0, 0.1) is 5.92 Å². The van der Waals surface area contributed by atoms with E-state index in [9.17, 15) is 9.90 Å². The Balaban J connectivity index is 1.50. The van der Waals surface area contributed by atoms with Gasteiger partial charge in [0.25, 0.3) is 0 Å². The van der Waals surface area contributed by atoms with Crippen LogP contribution in [-0.2, 0) is 4.79 Å². The van der Waals surface area contributed by atoms with Crippen LogP contribution < -0.4 is 25.6 Å². The molecule has 27 heavy (non-hydrogen) atoms. The molecular formula is C20H25N3O4. The number of ether oxygens (including phenoxy) is 2. The summed E-state index contributed by atoms with van der Waals surface area (Å²) >= 11 is 0. The fourth-order valence-electron chi connectivity index (χ4n) is 3.01. The Bertz CT molecular complexity index is 741. The van der Waals surface area contributed by atoms with Crippen LogP contribution in [-0.4, -0.2) is 43.9 Å². The molecule has 3 unspecified atom stereocenters. The molecule has 3 atom stereocenters. The third-order valence-corrected chi connectivity index (χ3v) is 4.47. The lowest BCUT2D eigenvalue weighted by Gasteiger charge is -2.20. The first kappa shape index (κ1) is 19.2. The highest BCUT2D eigenvalue weighted by molar-refractivity contribution is 5.80. The molecule has 1 heterocycles. The van der Waals surface area contributed by atoms with Crippen molar-refractivity contribution in [2.75, 3.05) is 26.8 Å². The van der Waals surface area contributed by atoms with Crippen molar-refractivity contribution in [3.05, 3.63) is 60.2 Å². The number of methoxy groups -OCH3 is 1. The van der Waals surface area contributed by atoms with Crippen LogP contribution in [0.5, 0.6) is 11.5 Å². The summed E-state index contributed by atoms with van der Waals surface area (Å²) < 4.78 is 10.8. The van der Waals surface area contributed by atoms with Crippen molar-refractivity contribution in [1.29, 1.82) is 0 Å². The molecule has 1 saturated heterocycles. The number of hydrogen-bond acceptors (Lipinski definition) is 6. The summed E-state index contributed by atoms with van der Waals surface area (Å²) in [6.45, 7) is 0.752. The smallest absolute Gasteiger partial charge is 0.226 e. The number of para-hydroxylation sites is 1. The summed E-state index contributed by atoms with van der Waals surface area (Å²) in [6, 6.07) is 16.7. The van der Waals surface area contributed by atoms with E-state index in [4.69, 9.17) is 9.47 Å². The summed E-state index contributed by atoms with van der Waals surface area (Å²) in [5.41, 5.74) is 7.14. The molecule has 2 aromatic carbocycles. The number of benzene rings is 2. The van der Waals surface area contributed by atoms with Crippen molar-refractivity contribution in [3.63, 3.8) is 0 Å². The zero-order chi connectivity index (χ0) is 19.1. The lowest BCUT2D eigenvalue weighted by Crippen LogP contribution is -2.40. The molecule has 0 aliphatic carbocycles. The van der Waals surface area contributed by atoms with Crippen molar-refractivity contribution < 1.29 is 19.4 Å². The van der Waals surface area contributed by atoms with Gasteiger partial charge in [-0.25, -0.2) is 5.43 Å². The van der Waals surface area contributed by atoms with Crippen molar-refractivity contribution in [2.45, 2.75) is 12.1 Å². The second-order valence-corrected chi connectivity index (χ2v) is 6.41. The van der Waals surface area contributed by atoms with Crippen molar-refractivity contribution in [3.8, 4) is 11.5 Å². The summed E-state index contributed by atoms with van der Waals surface area (Å²) in [6.07, 6.45) is -0.785. The molecular weight excluding hydrogens is 346 g/mol. The van der Waals surface area contributed by atoms with Gasteiger partial charge in [0.15, 0.2) is 0 Å². The number of aliphatic hydroxyl groups excluding tert-OH is 1. The molecule has 144 valence electrons. The third kappa shape index (κ3) is 5.19. The SMILES string of the molecule is COc1cccc(C2NNCC2C(=O)NCC(O)COc2ccccc2)c1. The fraction of sp³-hybridized carbons (Fsp3) is 0.350. The van der Waals surface area contributed by atoms with Gasteiger partial charge in [-0.3, -0.25) is 10.2 Å². The van der Waals surface area contributed by atoms with Gasteiger partial charge in [0.2, 0.25) is 5.91 Å². The average Bonchev–Trinajstić information content (AvgIpc) is 3.21. The highest BCUT2D eigenvalue weighted by atomic mass is 16.5. The van der Waals surface area contributed by atoms with Crippen molar-refractivity contribution >= 4 is 5.91 Å². The normalized spacial score (nSPS) is 20.1. The summed E-state index contributed by atoms with van der Waals surface area (Å²) in [7, 11) is 1.61. The minimum Gasteiger partial charge on any atom is -0.497 e. The molecule has 1 fully saturated rings. The Hall–Kier alpha value is -2.61. The number of rotatable bonds is 8. The van der Waals surface area contributed by atoms with Crippen LogP contribution in [0.1, 0.15) is 11.6 Å². The number of amides is 1. The Morgan fingerprint density at radius 3 is 2.78 bits per heavy atom. The second-order valence-electron chi connectivity index (χ2n) is 6.41. The maximum atomic E-state index is 12.6. The molecule has 2 aromatic rings. The minimum absolute atomic E-state index is 0.116. The molecule has 3 rings (SSSR count). The fourth-order valence-corrected chi connectivity index (χ4v) is 3.01. The van der Waals surface area contributed by atoms with Gasteiger partial charge in [-0.15, -0.1) is 0 Å². The second kappa shape index (κ2) is 9.36. The zero-order valence-corrected chi connectivity index (χ0v) is 15.2. The minimum atomic E-state index is -0.785. The van der Waals surface area contributed by atoms with E-state index < -0.39 is 6.10 Å². The van der Waals surface area contributed by atoms with Crippen LogP contribution in [0.2, 0.25) is 0 Å². The number of hydrazine groups is 1. The van der Waals surface area contributed by atoms with Crippen LogP contribution in [0.15, 0.2) is 54.6 Å². The molecule has 0 bridgehead atoms. The molecule has 0 radical (unpaired) electrons. The van der Waals surface area contributed by atoms with Gasteiger partial charge in [0.05, 0.1) is 19.1 Å². The Morgan fingerprint density at radius 1 is 1.22 bits per heavy atom. The van der Waals surface area contributed by atoms with E-state index in [1.165, 1.54) is 0 Å². The van der Waals surface area contributed by atoms with E-state index in [-0.39, 0.29) is 31.0 Å². The molecule has 4 N–H and O–H groups in total. The van der Waals surface area contributed by atoms with Crippen LogP contribution >= 0.6 is 0 Å². The summed E-state index contributed by atoms with van der Waals surface area (Å²) in [5.74, 6) is 1.01. The number of hydrogen-bond donors (Lipinski definition) is 4. The molecule has 7 heteroatoms. The maximum Gasteiger partial charge on any atom is 0.226 e. The van der Waals surface area contributed by atoms with E-state index in [2.05, 4.69) is 16.2 Å². The highest BCUT2D eigenvalue weighted by Gasteiger charge is 2.34. The van der Waals surface area contributed by atoms with Gasteiger partial charge in [0.1, 0.15) is 24.2 Å². The summed E-state index contributed by atoms with van der Waals surface area (Å²) in [5, 5.41) is 12.9. The Morgan fingerprint density at radius 2 is 2.00 bits per heavy atom. The molecule has 0 saturated carbocycles. The van der Waals surface area contributed by atoms with E-state index in [0.717, 1.165) is 11.3 Å². The average molecular weight is 371 g/mol. The topological polar surface area (TPSA) is 91.9 Å². The van der Waals surface area contributed by atoms with Crippen LogP contribution in [0.25, 0.3) is 0 Å². The molecule has 0 aromatic heterocycles. The van der Waals surface area contributed by atoms with Gasteiger partial charge in [-0.05, 0) is 29.8 Å². The maximum absolute atomic E-state index is 12.6. The molecule has 1 aliphatic heterocycles. The van der Waals surface area contributed by atoms with Gasteiger partial charge >= 0.3 is 0 Å². The molecule has 7 nitrogen and oxygen atoms in total. The van der Waals surface area contributed by atoms with Crippen LogP contribution in [0.3, 0.4) is 0 Å². The summed E-state index contributed by atoms with van der Waals surface area (Å²) in [4.78, 5) is 12.6. The van der Waals surface area contributed by atoms with Gasteiger partial charge < -0.3 is 19.9 Å². The van der Waals surface area contributed by atoms with Gasteiger partial charge in [-0.1, -0.05) is 30.3 Å². The van der Waals surface area contributed by atoms with E-state index in [0.29, 0.717) is 12.3 Å². The molecule has 1 aliphatic rings. The van der Waals surface area contributed by atoms with Gasteiger partial charge in [0, 0.05) is 13.1 Å². The lowest BCUT2D eigenvalue weighted by molar-refractivity contribution is -0.125. The Kier molecular flexibility index (Phi) is 6.64. The monoisotopic (exact) mass is 371 g/mol. The first-order valence-corrected chi connectivity index (χ1v) is 8.93. The number of nitrogens with one attached hydrogen (secondary N) is 3. The standard InChI is InChI=1S/C20H25N3O4/c1-26-17-9-5-6-14(10-17)19-18(12-22-23-19)20(25)21-11-15(24)13-27-16-7-3-2-4-8-16/h2-10,15,18-19,22-24H,11-13H2,1H3,(H,21,25). The van der Waals surface area contributed by atoms with E-state index >= 15 is 0 Å². The largest absolute Gasteiger partial charge is 0.497 e. The van der Waals surface area contributed by atoms with Crippen LogP contribution in [0.4, 0.5) is 0 Å². The Labute approximate surface area is 158 Å². The number of carbonyl (C=O) groups is 1. The van der Waals surface area contributed by atoms with Crippen molar-refractivity contribution in [2.24, 2.45) is 5.92 Å². The first-order chi connectivity index (χ1) is 13.2. The van der Waals surface area contributed by atoms with E-state index in [1.54, 1.807) is 7.11 Å². The predicted molar refractivity (Wildman–Crippen MR) is 101 cm³/mol. The van der Waals surface area contributed by atoms with Crippen molar-refractivity contribution in [1.82, 2.24) is 16.2 Å². The van der Waals surface area contributed by atoms with E-state index in [1.807, 2.05) is 54.6 Å². The number of carbonyl (C=O) groups excluding carboxylic acids is 1. The number of aliphatic hydroxyl groups is 1. The third-order valence-electron chi connectivity index (χ3n) is 4.47. The molecule has 1 amide bonds. The predicted octanol–water partition coefficient (Wildman–Crippen LogP) is 1.02.